The summed E-state index contributed by atoms with van der Waals surface area (Å²) in [5, 5.41) is 8.57. The average Bonchev–Trinajstić information content (AvgIpc) is 2.11. The summed E-state index contributed by atoms with van der Waals surface area (Å²) in [5.74, 6) is 0.764. The van der Waals surface area contributed by atoms with E-state index in [1.807, 2.05) is 12.1 Å². The van der Waals surface area contributed by atoms with E-state index in [4.69, 9.17) is 10.00 Å². The summed E-state index contributed by atoms with van der Waals surface area (Å²) < 4.78 is 6.84. The van der Waals surface area contributed by atoms with Crippen LogP contribution in [0.4, 0.5) is 0 Å². The highest BCUT2D eigenvalue weighted by molar-refractivity contribution is 9.11. The fraction of sp³-hybridized carbons (Fsp3) is 0.222. The van der Waals surface area contributed by atoms with E-state index in [1.165, 1.54) is 0 Å². The molecule has 0 aromatic heterocycles. The lowest BCUT2D eigenvalue weighted by Crippen LogP contribution is -1.89. The molecule has 0 aliphatic rings. The molecule has 1 aromatic carbocycles. The zero-order valence-corrected chi connectivity index (χ0v) is 10.1. The molecule has 0 heterocycles. The molecule has 0 saturated heterocycles. The molecule has 0 fully saturated rings. The maximum absolute atomic E-state index is 8.57. The minimum atomic E-state index is 0.380. The van der Waals surface area contributed by atoms with Crippen LogP contribution >= 0.6 is 31.9 Å². The highest BCUT2D eigenvalue weighted by atomic mass is 79.9. The molecule has 13 heavy (non-hydrogen) atoms. The molecule has 0 saturated carbocycles. The van der Waals surface area contributed by atoms with E-state index < -0.39 is 0 Å². The molecule has 0 bridgehead atoms. The molecule has 1 aromatic rings. The Hall–Kier alpha value is -0.530. The minimum Gasteiger partial charge on any atom is -0.497 e. The number of hydrogen-bond acceptors (Lipinski definition) is 2. The predicted octanol–water partition coefficient (Wildman–Crippen LogP) is 3.29. The zero-order chi connectivity index (χ0) is 9.84. The van der Waals surface area contributed by atoms with Crippen molar-refractivity contribution in [3.8, 4) is 11.8 Å². The number of nitriles is 1. The number of ether oxygens (including phenoxy) is 1. The first-order chi connectivity index (χ1) is 6.19. The van der Waals surface area contributed by atoms with E-state index in [9.17, 15) is 0 Å². The van der Waals surface area contributed by atoms with E-state index in [2.05, 4.69) is 37.9 Å². The number of rotatable bonds is 2. The number of hydrogen-bond donors (Lipinski definition) is 0. The smallest absolute Gasteiger partial charge is 0.121 e. The van der Waals surface area contributed by atoms with Gasteiger partial charge in [-0.25, -0.2) is 0 Å². The molecule has 0 aliphatic heterocycles. The van der Waals surface area contributed by atoms with Crippen LogP contribution in [-0.2, 0) is 6.42 Å². The van der Waals surface area contributed by atoms with Crippen molar-refractivity contribution < 1.29 is 4.74 Å². The van der Waals surface area contributed by atoms with Gasteiger partial charge in [-0.15, -0.1) is 0 Å². The third-order valence-electron chi connectivity index (χ3n) is 1.61. The van der Waals surface area contributed by atoms with Crippen LogP contribution in [0.2, 0.25) is 0 Å². The molecule has 68 valence electrons. The van der Waals surface area contributed by atoms with Crippen molar-refractivity contribution in [3.63, 3.8) is 0 Å². The van der Waals surface area contributed by atoms with Gasteiger partial charge in [0.1, 0.15) is 5.75 Å². The van der Waals surface area contributed by atoms with Gasteiger partial charge in [-0.2, -0.15) is 5.26 Å². The second-order valence-electron chi connectivity index (χ2n) is 2.40. The molecule has 0 unspecified atom stereocenters. The number of halogens is 2. The first-order valence-electron chi connectivity index (χ1n) is 3.58. The molecular formula is C9H7Br2NO. The summed E-state index contributed by atoms with van der Waals surface area (Å²) in [4.78, 5) is 0. The fourth-order valence-corrected chi connectivity index (χ4v) is 2.37. The van der Waals surface area contributed by atoms with Crippen LogP contribution in [0.5, 0.6) is 5.75 Å². The lowest BCUT2D eigenvalue weighted by molar-refractivity contribution is 0.414. The summed E-state index contributed by atoms with van der Waals surface area (Å²) in [6.07, 6.45) is 0.380. The van der Waals surface area contributed by atoms with Gasteiger partial charge in [0.25, 0.3) is 0 Å². The second kappa shape index (κ2) is 4.64. The van der Waals surface area contributed by atoms with Gasteiger partial charge in [-0.1, -0.05) is 31.9 Å². The highest BCUT2D eigenvalue weighted by Crippen LogP contribution is 2.30. The van der Waals surface area contributed by atoms with Crippen LogP contribution in [0.15, 0.2) is 21.1 Å². The van der Waals surface area contributed by atoms with Crippen molar-refractivity contribution in [1.29, 1.82) is 5.26 Å². The second-order valence-corrected chi connectivity index (χ2v) is 4.11. The van der Waals surface area contributed by atoms with Crippen LogP contribution in [0.25, 0.3) is 0 Å². The maximum Gasteiger partial charge on any atom is 0.121 e. The van der Waals surface area contributed by atoms with E-state index in [-0.39, 0.29) is 0 Å². The van der Waals surface area contributed by atoms with Crippen molar-refractivity contribution in [3.05, 3.63) is 26.6 Å². The van der Waals surface area contributed by atoms with E-state index >= 15 is 0 Å². The van der Waals surface area contributed by atoms with Crippen molar-refractivity contribution in [2.75, 3.05) is 7.11 Å². The van der Waals surface area contributed by atoms with Gasteiger partial charge in [0.2, 0.25) is 0 Å². The molecule has 0 aliphatic carbocycles. The minimum absolute atomic E-state index is 0.380. The monoisotopic (exact) mass is 303 g/mol. The van der Waals surface area contributed by atoms with Crippen molar-refractivity contribution >= 4 is 31.9 Å². The molecule has 1 rings (SSSR count). The van der Waals surface area contributed by atoms with Gasteiger partial charge in [0, 0.05) is 8.95 Å². The highest BCUT2D eigenvalue weighted by Gasteiger charge is 2.06. The third kappa shape index (κ3) is 2.45. The third-order valence-corrected chi connectivity index (χ3v) is 3.02. The summed E-state index contributed by atoms with van der Waals surface area (Å²) in [6, 6.07) is 5.79. The van der Waals surface area contributed by atoms with E-state index in [1.54, 1.807) is 7.11 Å². The number of nitrogens with zero attached hydrogens (tertiary/aromatic N) is 1. The Morgan fingerprint density at radius 2 is 1.92 bits per heavy atom. The van der Waals surface area contributed by atoms with Crippen LogP contribution in [-0.4, -0.2) is 7.11 Å². The molecule has 0 amide bonds. The van der Waals surface area contributed by atoms with Gasteiger partial charge in [-0.3, -0.25) is 0 Å². The summed E-state index contributed by atoms with van der Waals surface area (Å²) in [6.45, 7) is 0. The topological polar surface area (TPSA) is 33.0 Å². The Kier molecular flexibility index (Phi) is 3.76. The number of benzene rings is 1. The summed E-state index contributed by atoms with van der Waals surface area (Å²) in [5.41, 5.74) is 0.948. The molecule has 0 atom stereocenters. The van der Waals surface area contributed by atoms with Gasteiger partial charge in [0.05, 0.1) is 19.6 Å². The lowest BCUT2D eigenvalue weighted by Gasteiger charge is -2.06. The van der Waals surface area contributed by atoms with Crippen molar-refractivity contribution in [2.24, 2.45) is 0 Å². The van der Waals surface area contributed by atoms with Gasteiger partial charge < -0.3 is 4.74 Å². The van der Waals surface area contributed by atoms with Gasteiger partial charge in [-0.05, 0) is 17.7 Å². The summed E-state index contributed by atoms with van der Waals surface area (Å²) in [7, 11) is 1.61. The molecule has 0 radical (unpaired) electrons. The Bertz CT molecular complexity index is 334. The normalized spacial score (nSPS) is 9.38. The lowest BCUT2D eigenvalue weighted by atomic mass is 10.2. The molecular weight excluding hydrogens is 298 g/mol. The molecule has 0 spiro atoms. The zero-order valence-electron chi connectivity index (χ0n) is 6.97. The molecule has 2 nitrogen and oxygen atoms in total. The number of methoxy groups -OCH3 is 1. The SMILES string of the molecule is COc1cc(Br)c(CC#N)c(Br)c1. The van der Waals surface area contributed by atoms with Gasteiger partial charge >= 0.3 is 0 Å². The van der Waals surface area contributed by atoms with Crippen molar-refractivity contribution in [2.45, 2.75) is 6.42 Å². The molecule has 4 heteroatoms. The van der Waals surface area contributed by atoms with Crippen LogP contribution in [0.1, 0.15) is 5.56 Å². The van der Waals surface area contributed by atoms with Gasteiger partial charge in [0.15, 0.2) is 0 Å². The fourth-order valence-electron chi connectivity index (χ4n) is 0.946. The maximum atomic E-state index is 8.57. The largest absolute Gasteiger partial charge is 0.497 e. The summed E-state index contributed by atoms with van der Waals surface area (Å²) >= 11 is 6.76. The average molecular weight is 305 g/mol. The molecule has 0 N–H and O–H groups in total. The standard InChI is InChI=1S/C9H7Br2NO/c1-13-6-4-8(10)7(2-3-12)9(11)5-6/h4-5H,2H2,1H3. The van der Waals surface area contributed by atoms with Crippen molar-refractivity contribution in [1.82, 2.24) is 0 Å². The Morgan fingerprint density at radius 1 is 1.38 bits per heavy atom. The first-order valence-corrected chi connectivity index (χ1v) is 5.16. The Morgan fingerprint density at radius 3 is 2.31 bits per heavy atom. The Balaban J connectivity index is 3.16. The van der Waals surface area contributed by atoms with Crippen LogP contribution in [0.3, 0.4) is 0 Å². The first kappa shape index (κ1) is 10.6. The van der Waals surface area contributed by atoms with Crippen LogP contribution in [0, 0.1) is 11.3 Å². The van der Waals surface area contributed by atoms with E-state index in [0.29, 0.717) is 6.42 Å². The Labute approximate surface area is 93.8 Å². The van der Waals surface area contributed by atoms with Crippen LogP contribution < -0.4 is 4.74 Å². The van der Waals surface area contributed by atoms with E-state index in [0.717, 1.165) is 20.3 Å². The quantitative estimate of drug-likeness (QED) is 0.840. The predicted molar refractivity (Wildman–Crippen MR) is 57.7 cm³/mol.